The molecule has 2 N–H and O–H groups in total. The van der Waals surface area contributed by atoms with Crippen LogP contribution in [0, 0.1) is 0 Å². The second-order valence-electron chi connectivity index (χ2n) is 5.36. The predicted octanol–water partition coefficient (Wildman–Crippen LogP) is 1.34. The van der Waals surface area contributed by atoms with Crippen molar-refractivity contribution in [3.63, 3.8) is 0 Å². The van der Waals surface area contributed by atoms with Crippen molar-refractivity contribution in [2.24, 2.45) is 5.73 Å². The van der Waals surface area contributed by atoms with E-state index in [1.165, 1.54) is 24.5 Å². The van der Waals surface area contributed by atoms with Crippen LogP contribution in [0.25, 0.3) is 0 Å². The van der Waals surface area contributed by atoms with Crippen molar-refractivity contribution >= 4 is 15.9 Å². The van der Waals surface area contributed by atoms with Crippen LogP contribution in [0.3, 0.4) is 0 Å². The van der Waals surface area contributed by atoms with E-state index >= 15 is 0 Å². The van der Waals surface area contributed by atoms with Gasteiger partial charge in [-0.3, -0.25) is 0 Å². The van der Waals surface area contributed by atoms with Crippen LogP contribution in [0.1, 0.15) is 30.3 Å². The van der Waals surface area contributed by atoms with Gasteiger partial charge < -0.3 is 15.2 Å². The largest absolute Gasteiger partial charge is 0.331 e. The summed E-state index contributed by atoms with van der Waals surface area (Å²) >= 11 is 3.59. The molecule has 1 aromatic heterocycles. The number of nitrogens with zero attached hydrogens (tertiary/aromatic N) is 3. The molecule has 1 saturated heterocycles. The number of likely N-dealkylation sites (tertiary alicyclic amines) is 1. The third-order valence-corrected chi connectivity index (χ3v) is 4.62. The SMILES string of the molecule is CN1CCC(c2nc(Br)c3n2CCC(N)C3)C1. The number of hydrogen-bond donors (Lipinski definition) is 1. The number of hydrogen-bond acceptors (Lipinski definition) is 3. The number of imidazole rings is 1. The average molecular weight is 299 g/mol. The first kappa shape index (κ1) is 11.7. The molecule has 2 aliphatic rings. The number of fused-ring (bicyclic) bond motifs is 1. The third-order valence-electron chi connectivity index (χ3n) is 3.99. The van der Waals surface area contributed by atoms with Gasteiger partial charge in [-0.25, -0.2) is 4.98 Å². The minimum absolute atomic E-state index is 0.301. The Morgan fingerprint density at radius 3 is 2.88 bits per heavy atom. The molecule has 17 heavy (non-hydrogen) atoms. The van der Waals surface area contributed by atoms with Gasteiger partial charge in [-0.15, -0.1) is 0 Å². The lowest BCUT2D eigenvalue weighted by Crippen LogP contribution is -2.31. The van der Waals surface area contributed by atoms with Crippen LogP contribution in [-0.2, 0) is 13.0 Å². The number of nitrogens with two attached hydrogens (primary N) is 1. The molecule has 2 aliphatic heterocycles. The van der Waals surface area contributed by atoms with Crippen molar-refractivity contribution in [3.8, 4) is 0 Å². The summed E-state index contributed by atoms with van der Waals surface area (Å²) in [7, 11) is 2.19. The van der Waals surface area contributed by atoms with Crippen LogP contribution in [-0.4, -0.2) is 40.6 Å². The standard InChI is InChI=1S/C12H19BrN4/c1-16-4-2-8(7-16)12-15-11(13)10-6-9(14)3-5-17(10)12/h8-9H,2-7,14H2,1H3. The fourth-order valence-corrected chi connectivity index (χ4v) is 3.58. The zero-order valence-electron chi connectivity index (χ0n) is 10.2. The first-order chi connectivity index (χ1) is 8.15. The molecule has 0 spiro atoms. The molecule has 1 fully saturated rings. The second kappa shape index (κ2) is 4.37. The number of likely N-dealkylation sites (N-methyl/N-ethyl adjacent to an activating group) is 1. The first-order valence-electron chi connectivity index (χ1n) is 6.34. The van der Waals surface area contributed by atoms with Crippen molar-refractivity contribution in [2.75, 3.05) is 20.1 Å². The predicted molar refractivity (Wildman–Crippen MR) is 71.1 cm³/mol. The van der Waals surface area contributed by atoms with Crippen molar-refractivity contribution < 1.29 is 0 Å². The summed E-state index contributed by atoms with van der Waals surface area (Å²) in [5, 5.41) is 0. The molecule has 2 atom stereocenters. The van der Waals surface area contributed by atoms with Crippen molar-refractivity contribution in [1.82, 2.24) is 14.5 Å². The summed E-state index contributed by atoms with van der Waals surface area (Å²) in [6, 6.07) is 0.301. The average Bonchev–Trinajstić information content (AvgIpc) is 2.84. The van der Waals surface area contributed by atoms with Gasteiger partial charge in [0.05, 0.1) is 5.69 Å². The Balaban J connectivity index is 1.93. The van der Waals surface area contributed by atoms with Crippen LogP contribution < -0.4 is 5.73 Å². The van der Waals surface area contributed by atoms with E-state index in [1.54, 1.807) is 0 Å². The maximum absolute atomic E-state index is 6.03. The fourth-order valence-electron chi connectivity index (χ4n) is 3.02. The van der Waals surface area contributed by atoms with E-state index in [2.05, 4.69) is 32.4 Å². The maximum Gasteiger partial charge on any atom is 0.127 e. The molecule has 3 rings (SSSR count). The van der Waals surface area contributed by atoms with E-state index in [-0.39, 0.29) is 0 Å². The highest BCUT2D eigenvalue weighted by Crippen LogP contribution is 2.32. The summed E-state index contributed by atoms with van der Waals surface area (Å²) < 4.78 is 3.41. The summed E-state index contributed by atoms with van der Waals surface area (Å²) in [6.45, 7) is 3.35. The maximum atomic E-state index is 6.03. The second-order valence-corrected chi connectivity index (χ2v) is 6.11. The molecular formula is C12H19BrN4. The van der Waals surface area contributed by atoms with E-state index in [1.807, 2.05) is 0 Å². The summed E-state index contributed by atoms with van der Waals surface area (Å²) in [5.41, 5.74) is 7.33. The number of halogens is 1. The lowest BCUT2D eigenvalue weighted by Gasteiger charge is -2.23. The molecular weight excluding hydrogens is 280 g/mol. The van der Waals surface area contributed by atoms with Gasteiger partial charge in [0.2, 0.25) is 0 Å². The molecule has 3 heterocycles. The molecule has 0 saturated carbocycles. The Morgan fingerprint density at radius 1 is 1.35 bits per heavy atom. The van der Waals surface area contributed by atoms with Gasteiger partial charge in [-0.2, -0.15) is 0 Å². The highest BCUT2D eigenvalue weighted by Gasteiger charge is 2.30. The normalized spacial score (nSPS) is 29.6. The Hall–Kier alpha value is -0.390. The minimum atomic E-state index is 0.301. The van der Waals surface area contributed by atoms with Crippen LogP contribution >= 0.6 is 15.9 Å². The van der Waals surface area contributed by atoms with Gasteiger partial charge in [0.1, 0.15) is 10.4 Å². The zero-order chi connectivity index (χ0) is 12.0. The summed E-state index contributed by atoms with van der Waals surface area (Å²) in [4.78, 5) is 7.12. The van der Waals surface area contributed by atoms with Crippen molar-refractivity contribution in [3.05, 3.63) is 16.1 Å². The van der Waals surface area contributed by atoms with Gasteiger partial charge in [0.15, 0.2) is 0 Å². The van der Waals surface area contributed by atoms with E-state index in [0.29, 0.717) is 12.0 Å². The van der Waals surface area contributed by atoms with Crippen LogP contribution in [0.2, 0.25) is 0 Å². The topological polar surface area (TPSA) is 47.1 Å². The van der Waals surface area contributed by atoms with Gasteiger partial charge in [-0.1, -0.05) is 0 Å². The quantitative estimate of drug-likeness (QED) is 0.851. The smallest absolute Gasteiger partial charge is 0.127 e. The van der Waals surface area contributed by atoms with E-state index in [0.717, 1.165) is 30.5 Å². The molecule has 0 aromatic carbocycles. The highest BCUT2D eigenvalue weighted by atomic mass is 79.9. The molecule has 5 heteroatoms. The Labute approximate surface area is 110 Å². The number of aromatic nitrogens is 2. The van der Waals surface area contributed by atoms with Crippen molar-refractivity contribution in [1.29, 1.82) is 0 Å². The summed E-state index contributed by atoms with van der Waals surface area (Å²) in [5.74, 6) is 1.86. The molecule has 0 bridgehead atoms. The van der Waals surface area contributed by atoms with E-state index < -0.39 is 0 Å². The van der Waals surface area contributed by atoms with Crippen LogP contribution in [0.15, 0.2) is 4.60 Å². The Kier molecular flexibility index (Phi) is 3.00. The molecule has 2 unspecified atom stereocenters. The summed E-state index contributed by atoms with van der Waals surface area (Å²) in [6.07, 6.45) is 3.26. The van der Waals surface area contributed by atoms with Gasteiger partial charge in [0, 0.05) is 31.5 Å². The minimum Gasteiger partial charge on any atom is -0.331 e. The highest BCUT2D eigenvalue weighted by molar-refractivity contribution is 9.10. The van der Waals surface area contributed by atoms with Crippen molar-refractivity contribution in [2.45, 2.75) is 37.8 Å². The first-order valence-corrected chi connectivity index (χ1v) is 7.13. The van der Waals surface area contributed by atoms with Crippen LogP contribution in [0.5, 0.6) is 0 Å². The van der Waals surface area contributed by atoms with Gasteiger partial charge in [-0.05, 0) is 42.4 Å². The fraction of sp³-hybridized carbons (Fsp3) is 0.750. The van der Waals surface area contributed by atoms with Gasteiger partial charge in [0.25, 0.3) is 0 Å². The third kappa shape index (κ3) is 2.04. The molecule has 94 valence electrons. The Bertz CT molecular complexity index is 428. The van der Waals surface area contributed by atoms with E-state index in [9.17, 15) is 0 Å². The number of rotatable bonds is 1. The molecule has 0 amide bonds. The molecule has 0 radical (unpaired) electrons. The van der Waals surface area contributed by atoms with E-state index in [4.69, 9.17) is 10.7 Å². The lowest BCUT2D eigenvalue weighted by molar-refractivity contribution is 0.402. The van der Waals surface area contributed by atoms with Gasteiger partial charge >= 0.3 is 0 Å². The molecule has 4 nitrogen and oxygen atoms in total. The Morgan fingerprint density at radius 2 is 2.18 bits per heavy atom. The monoisotopic (exact) mass is 298 g/mol. The zero-order valence-corrected chi connectivity index (χ0v) is 11.8. The molecule has 0 aliphatic carbocycles. The lowest BCUT2D eigenvalue weighted by atomic mass is 10.0. The van der Waals surface area contributed by atoms with Crippen LogP contribution in [0.4, 0.5) is 0 Å². The molecule has 1 aromatic rings.